The molecule has 6 aromatic rings. The van der Waals surface area contributed by atoms with E-state index in [1.54, 1.807) is 47.3 Å². The van der Waals surface area contributed by atoms with Crippen molar-refractivity contribution in [2.75, 3.05) is 7.11 Å². The molecule has 0 unspecified atom stereocenters. The van der Waals surface area contributed by atoms with Crippen LogP contribution in [-0.2, 0) is 0 Å². The van der Waals surface area contributed by atoms with Crippen molar-refractivity contribution in [1.29, 1.82) is 0 Å². The number of nitro groups is 1. The van der Waals surface area contributed by atoms with Crippen molar-refractivity contribution >= 4 is 28.1 Å². The summed E-state index contributed by atoms with van der Waals surface area (Å²) in [5.74, 6) is 0.115. The predicted molar refractivity (Wildman–Crippen MR) is 150 cm³/mol. The van der Waals surface area contributed by atoms with E-state index < -0.39 is 16.0 Å². The fraction of sp³-hybridized carbons (Fsp3) is 0.0357. The molecular formula is C28H18N6O5S. The van der Waals surface area contributed by atoms with Crippen molar-refractivity contribution < 1.29 is 9.66 Å². The summed E-state index contributed by atoms with van der Waals surface area (Å²) in [6.07, 6.45) is 3.35. The summed E-state index contributed by atoms with van der Waals surface area (Å²) in [5.41, 5.74) is 1.56. The zero-order valence-corrected chi connectivity index (χ0v) is 21.6. The number of nitro benzene ring substituents is 1. The van der Waals surface area contributed by atoms with Gasteiger partial charge in [0.1, 0.15) is 5.69 Å². The summed E-state index contributed by atoms with van der Waals surface area (Å²) in [6, 6.07) is 22.7. The molecule has 3 heterocycles. The van der Waals surface area contributed by atoms with E-state index in [9.17, 15) is 19.7 Å². The first kappa shape index (κ1) is 24.8. The van der Waals surface area contributed by atoms with Gasteiger partial charge in [-0.05, 0) is 30.3 Å². The molecule has 0 saturated heterocycles. The van der Waals surface area contributed by atoms with Crippen molar-refractivity contribution in [1.82, 2.24) is 24.4 Å². The second-order valence-corrected chi connectivity index (χ2v) is 9.61. The van der Waals surface area contributed by atoms with Gasteiger partial charge in [-0.2, -0.15) is 19.7 Å². The van der Waals surface area contributed by atoms with E-state index in [-0.39, 0.29) is 26.6 Å². The number of ether oxygens (including phenoxy) is 1. The number of para-hydroxylation sites is 1. The van der Waals surface area contributed by atoms with Gasteiger partial charge in [-0.3, -0.25) is 19.7 Å². The Morgan fingerprint density at radius 2 is 1.65 bits per heavy atom. The van der Waals surface area contributed by atoms with Crippen molar-refractivity contribution in [3.63, 3.8) is 0 Å². The SMILES string of the molecule is COc1ccc(-c2nn(-c3ccccc3)cc2/C=c2\sc3nc(=O)c(-c4ccccc4)nn3c2=O)cc1[N+](=O)[O-]. The van der Waals surface area contributed by atoms with E-state index in [0.717, 1.165) is 21.5 Å². The summed E-state index contributed by atoms with van der Waals surface area (Å²) in [5, 5.41) is 20.7. The summed E-state index contributed by atoms with van der Waals surface area (Å²) < 4.78 is 8.14. The number of aromatic nitrogens is 5. The van der Waals surface area contributed by atoms with E-state index in [0.29, 0.717) is 22.4 Å². The molecule has 0 fully saturated rings. The summed E-state index contributed by atoms with van der Waals surface area (Å²) in [7, 11) is 1.36. The molecule has 40 heavy (non-hydrogen) atoms. The Morgan fingerprint density at radius 1 is 0.925 bits per heavy atom. The van der Waals surface area contributed by atoms with E-state index in [1.807, 2.05) is 36.4 Å². The molecule has 196 valence electrons. The maximum Gasteiger partial charge on any atom is 0.311 e. The average Bonchev–Trinajstić information content (AvgIpc) is 3.53. The highest BCUT2D eigenvalue weighted by Gasteiger charge is 2.20. The number of rotatable bonds is 6. The molecule has 3 aromatic carbocycles. The van der Waals surface area contributed by atoms with Crippen molar-refractivity contribution in [3.8, 4) is 34.0 Å². The quantitative estimate of drug-likeness (QED) is 0.227. The Kier molecular flexibility index (Phi) is 6.21. The Bertz CT molecular complexity index is 2070. The van der Waals surface area contributed by atoms with Crippen LogP contribution in [0.2, 0.25) is 0 Å². The van der Waals surface area contributed by atoms with Gasteiger partial charge >= 0.3 is 11.2 Å². The monoisotopic (exact) mass is 550 g/mol. The number of hydrogen-bond donors (Lipinski definition) is 0. The Morgan fingerprint density at radius 3 is 2.35 bits per heavy atom. The molecule has 0 bridgehead atoms. The minimum atomic E-state index is -0.540. The van der Waals surface area contributed by atoms with E-state index in [4.69, 9.17) is 9.84 Å². The standard InChI is InChI=1S/C28H18N6O5S/c1-39-22-13-12-18(14-21(22)34(37)38)24-19(16-32(30-24)20-10-6-3-7-11-20)15-23-27(36)33-28(40-23)29-26(35)25(31-33)17-8-4-2-5-9-17/h2-16H,1H3/b23-15-. The highest BCUT2D eigenvalue weighted by atomic mass is 32.1. The number of fused-ring (bicyclic) bond motifs is 1. The predicted octanol–water partition coefficient (Wildman–Crippen LogP) is 3.50. The normalized spacial score (nSPS) is 11.7. The summed E-state index contributed by atoms with van der Waals surface area (Å²) in [4.78, 5) is 41.5. The van der Waals surface area contributed by atoms with Crippen molar-refractivity contribution in [2.45, 2.75) is 0 Å². The summed E-state index contributed by atoms with van der Waals surface area (Å²) in [6.45, 7) is 0. The number of benzene rings is 3. The number of nitrogens with zero attached hydrogens (tertiary/aromatic N) is 6. The van der Waals surface area contributed by atoms with Crippen LogP contribution in [0.15, 0.2) is 94.6 Å². The molecule has 6 rings (SSSR count). The molecule has 0 atom stereocenters. The smallest absolute Gasteiger partial charge is 0.311 e. The molecule has 0 saturated carbocycles. The molecule has 0 aliphatic carbocycles. The topological polar surface area (TPSA) is 135 Å². The van der Waals surface area contributed by atoms with Crippen molar-refractivity contribution in [2.24, 2.45) is 0 Å². The first-order valence-corrected chi connectivity index (χ1v) is 12.7. The lowest BCUT2D eigenvalue weighted by Gasteiger charge is -2.04. The van der Waals surface area contributed by atoms with Gasteiger partial charge in [0, 0.05) is 29.0 Å². The minimum Gasteiger partial charge on any atom is -0.490 e. The second-order valence-electron chi connectivity index (χ2n) is 8.60. The molecule has 0 radical (unpaired) electrons. The third-order valence-electron chi connectivity index (χ3n) is 6.13. The highest BCUT2D eigenvalue weighted by Crippen LogP contribution is 2.33. The summed E-state index contributed by atoms with van der Waals surface area (Å²) >= 11 is 1.02. The zero-order valence-electron chi connectivity index (χ0n) is 20.8. The van der Waals surface area contributed by atoms with Crippen LogP contribution in [-0.4, -0.2) is 36.4 Å². The molecular weight excluding hydrogens is 532 g/mol. The van der Waals surface area contributed by atoms with E-state index >= 15 is 0 Å². The van der Waals surface area contributed by atoms with Gasteiger partial charge in [0.05, 0.1) is 22.3 Å². The van der Waals surface area contributed by atoms with E-state index in [2.05, 4.69) is 10.1 Å². The molecule has 0 amide bonds. The Labute approximate surface area is 229 Å². The third-order valence-corrected chi connectivity index (χ3v) is 7.09. The maximum atomic E-state index is 13.4. The minimum absolute atomic E-state index is 0.0719. The van der Waals surface area contributed by atoms with Gasteiger partial charge in [0.25, 0.3) is 5.56 Å². The van der Waals surface area contributed by atoms with Gasteiger partial charge in [0.2, 0.25) is 4.96 Å². The molecule has 0 aliphatic rings. The van der Waals surface area contributed by atoms with E-state index in [1.165, 1.54) is 19.2 Å². The van der Waals surface area contributed by atoms with Crippen molar-refractivity contribution in [3.05, 3.63) is 126 Å². The van der Waals surface area contributed by atoms with Gasteiger partial charge in [-0.1, -0.05) is 59.9 Å². The maximum absolute atomic E-state index is 13.4. The third kappa shape index (κ3) is 4.41. The van der Waals surface area contributed by atoms with Crippen LogP contribution >= 0.6 is 11.3 Å². The van der Waals surface area contributed by atoms with Gasteiger partial charge in [-0.25, -0.2) is 4.68 Å². The second kappa shape index (κ2) is 10.0. The van der Waals surface area contributed by atoms with Crippen LogP contribution in [0.25, 0.3) is 39.2 Å². The number of hydrogen-bond acceptors (Lipinski definition) is 9. The van der Waals surface area contributed by atoms with Gasteiger partial charge in [0.15, 0.2) is 11.4 Å². The van der Waals surface area contributed by atoms with Gasteiger partial charge in [-0.15, -0.1) is 0 Å². The number of thiazole rings is 1. The zero-order chi connectivity index (χ0) is 27.8. The van der Waals surface area contributed by atoms with Crippen LogP contribution in [0, 0.1) is 10.1 Å². The van der Waals surface area contributed by atoms with Crippen LogP contribution in [0.5, 0.6) is 5.75 Å². The largest absolute Gasteiger partial charge is 0.490 e. The molecule has 0 aliphatic heterocycles. The first-order chi connectivity index (χ1) is 19.4. The molecule has 11 nitrogen and oxygen atoms in total. The van der Waals surface area contributed by atoms with Crippen LogP contribution < -0.4 is 20.4 Å². The lowest BCUT2D eigenvalue weighted by Crippen LogP contribution is -2.26. The highest BCUT2D eigenvalue weighted by molar-refractivity contribution is 7.15. The molecule has 3 aromatic heterocycles. The molecule has 12 heteroatoms. The van der Waals surface area contributed by atoms with Crippen LogP contribution in [0.4, 0.5) is 5.69 Å². The van der Waals surface area contributed by atoms with Crippen LogP contribution in [0.1, 0.15) is 5.56 Å². The fourth-order valence-electron chi connectivity index (χ4n) is 4.24. The molecule has 0 spiro atoms. The fourth-order valence-corrected chi connectivity index (χ4v) is 5.13. The van der Waals surface area contributed by atoms with Crippen LogP contribution in [0.3, 0.4) is 0 Å². The lowest BCUT2D eigenvalue weighted by molar-refractivity contribution is -0.385. The molecule has 0 N–H and O–H groups in total. The first-order valence-electron chi connectivity index (χ1n) is 11.9. The Balaban J connectivity index is 1.56. The lowest BCUT2D eigenvalue weighted by atomic mass is 10.1. The van der Waals surface area contributed by atoms with Gasteiger partial charge < -0.3 is 4.74 Å². The average molecular weight is 551 g/mol. The number of methoxy groups -OCH3 is 1. The Hall–Kier alpha value is -5.49.